The molecule has 0 aromatic carbocycles. The zero-order valence-corrected chi connectivity index (χ0v) is 12.6. The van der Waals surface area contributed by atoms with Crippen LogP contribution in [0.4, 0.5) is 10.6 Å². The van der Waals surface area contributed by atoms with Gasteiger partial charge >= 0.3 is 6.03 Å². The van der Waals surface area contributed by atoms with E-state index in [1.807, 2.05) is 13.8 Å². The summed E-state index contributed by atoms with van der Waals surface area (Å²) in [4.78, 5) is 16.2. The second-order valence-electron chi connectivity index (χ2n) is 4.89. The molecule has 0 saturated heterocycles. The number of carbonyl (C=O) groups excluding carboxylic acids is 1. The Bertz CT molecular complexity index is 589. The third-order valence-corrected chi connectivity index (χ3v) is 3.03. The van der Waals surface area contributed by atoms with E-state index in [0.29, 0.717) is 11.6 Å². The molecule has 114 valence electrons. The summed E-state index contributed by atoms with van der Waals surface area (Å²) < 4.78 is 1.78. The molecule has 0 fully saturated rings. The number of amides is 2. The van der Waals surface area contributed by atoms with E-state index in [0.717, 1.165) is 25.2 Å². The Balaban J connectivity index is 1.91. The molecule has 2 heterocycles. The van der Waals surface area contributed by atoms with Gasteiger partial charge in [0.1, 0.15) is 11.6 Å². The fourth-order valence-corrected chi connectivity index (χ4v) is 1.89. The van der Waals surface area contributed by atoms with Gasteiger partial charge in [-0.3, -0.25) is 10.4 Å². The minimum atomic E-state index is -0.303. The Morgan fingerprint density at radius 1 is 1.52 bits per heavy atom. The fourth-order valence-electron chi connectivity index (χ4n) is 1.89. The maximum absolute atomic E-state index is 12.0. The quantitative estimate of drug-likeness (QED) is 0.757. The number of anilines is 1. The maximum atomic E-state index is 12.0. The van der Waals surface area contributed by atoms with Gasteiger partial charge in [-0.05, 0) is 20.3 Å². The second-order valence-corrected chi connectivity index (χ2v) is 4.89. The van der Waals surface area contributed by atoms with Gasteiger partial charge in [-0.25, -0.2) is 14.5 Å². The van der Waals surface area contributed by atoms with E-state index in [-0.39, 0.29) is 12.1 Å². The van der Waals surface area contributed by atoms with Crippen LogP contribution >= 0.6 is 0 Å². The summed E-state index contributed by atoms with van der Waals surface area (Å²) in [6.45, 7) is 6.55. The number of aryl methyl sites for hydroxylation is 2. The molecule has 0 spiro atoms. The maximum Gasteiger partial charge on any atom is 0.320 e. The van der Waals surface area contributed by atoms with Crippen molar-refractivity contribution >= 4 is 11.8 Å². The van der Waals surface area contributed by atoms with Crippen molar-refractivity contribution in [2.75, 3.05) is 5.32 Å². The van der Waals surface area contributed by atoms with E-state index in [2.05, 4.69) is 37.8 Å². The Hall–Kier alpha value is -2.38. The summed E-state index contributed by atoms with van der Waals surface area (Å²) in [5.41, 5.74) is 0. The Morgan fingerprint density at radius 3 is 3.00 bits per heavy atom. The number of unbranched alkanes of at least 4 members (excludes halogenated alkanes) is 1. The van der Waals surface area contributed by atoms with Gasteiger partial charge in [0.05, 0.1) is 12.2 Å². The van der Waals surface area contributed by atoms with Crippen molar-refractivity contribution in [3.05, 3.63) is 23.9 Å². The fraction of sp³-hybridized carbons (Fsp3) is 0.538. The summed E-state index contributed by atoms with van der Waals surface area (Å²) in [5.74, 6) is 1.96. The minimum absolute atomic E-state index is 0.276. The van der Waals surface area contributed by atoms with Crippen LogP contribution in [0, 0.1) is 6.92 Å². The van der Waals surface area contributed by atoms with E-state index in [9.17, 15) is 4.79 Å². The highest BCUT2D eigenvalue weighted by Gasteiger charge is 2.14. The number of urea groups is 1. The van der Waals surface area contributed by atoms with Crippen LogP contribution in [-0.2, 0) is 6.54 Å². The predicted octanol–water partition coefficient (Wildman–Crippen LogP) is 1.99. The standard InChI is InChI=1S/C13H21N7O/c1-4-5-8-20-11(6-7-14-20)17-13(21)15-9(2)12-16-10(3)18-19-12/h6-7,9H,4-5,8H2,1-3H3,(H2,15,17,21)(H,16,18,19)/t9-/m0/s1. The third-order valence-electron chi connectivity index (χ3n) is 3.03. The molecule has 0 radical (unpaired) electrons. The summed E-state index contributed by atoms with van der Waals surface area (Å²) in [7, 11) is 0. The Kier molecular flexibility index (Phi) is 4.91. The van der Waals surface area contributed by atoms with Crippen molar-refractivity contribution in [3.63, 3.8) is 0 Å². The van der Waals surface area contributed by atoms with Crippen molar-refractivity contribution < 1.29 is 4.79 Å². The van der Waals surface area contributed by atoms with Crippen molar-refractivity contribution in [1.82, 2.24) is 30.3 Å². The number of aromatic nitrogens is 5. The minimum Gasteiger partial charge on any atom is -0.328 e. The summed E-state index contributed by atoms with van der Waals surface area (Å²) in [6.07, 6.45) is 3.77. The number of nitrogens with one attached hydrogen (secondary N) is 3. The van der Waals surface area contributed by atoms with Crippen LogP contribution in [0.25, 0.3) is 0 Å². The number of rotatable bonds is 6. The predicted molar refractivity (Wildman–Crippen MR) is 78.8 cm³/mol. The highest BCUT2D eigenvalue weighted by Crippen LogP contribution is 2.10. The van der Waals surface area contributed by atoms with Gasteiger partial charge in [-0.1, -0.05) is 13.3 Å². The molecule has 0 bridgehead atoms. The number of aromatic amines is 1. The monoisotopic (exact) mass is 291 g/mol. The van der Waals surface area contributed by atoms with E-state index in [1.54, 1.807) is 16.9 Å². The first-order valence-electron chi connectivity index (χ1n) is 7.08. The number of nitrogens with zero attached hydrogens (tertiary/aromatic N) is 4. The number of hydrogen-bond acceptors (Lipinski definition) is 4. The van der Waals surface area contributed by atoms with Crippen molar-refractivity contribution in [2.24, 2.45) is 0 Å². The van der Waals surface area contributed by atoms with Crippen LogP contribution in [-0.4, -0.2) is 31.0 Å². The lowest BCUT2D eigenvalue weighted by molar-refractivity contribution is 0.248. The first-order valence-corrected chi connectivity index (χ1v) is 7.08. The van der Waals surface area contributed by atoms with E-state index in [1.165, 1.54) is 0 Å². The van der Waals surface area contributed by atoms with Gasteiger partial charge in [0.25, 0.3) is 0 Å². The third kappa shape index (κ3) is 4.04. The molecule has 21 heavy (non-hydrogen) atoms. The first-order chi connectivity index (χ1) is 10.1. The van der Waals surface area contributed by atoms with Gasteiger partial charge in [0.15, 0.2) is 5.82 Å². The van der Waals surface area contributed by atoms with Gasteiger partial charge in [-0.2, -0.15) is 10.2 Å². The lowest BCUT2D eigenvalue weighted by Gasteiger charge is -2.12. The van der Waals surface area contributed by atoms with Gasteiger partial charge in [0.2, 0.25) is 0 Å². The van der Waals surface area contributed by atoms with Crippen LogP contribution in [0.5, 0.6) is 0 Å². The average molecular weight is 291 g/mol. The molecular formula is C13H21N7O. The van der Waals surface area contributed by atoms with Crippen LogP contribution in [0.3, 0.4) is 0 Å². The Labute approximate surface area is 123 Å². The summed E-state index contributed by atoms with van der Waals surface area (Å²) in [6, 6.07) is 1.20. The zero-order valence-electron chi connectivity index (χ0n) is 12.6. The SMILES string of the molecule is CCCCn1nccc1NC(=O)N[C@@H](C)c1n[nH]c(C)n1. The average Bonchev–Trinajstić information content (AvgIpc) is 3.05. The topological polar surface area (TPSA) is 101 Å². The smallest absolute Gasteiger partial charge is 0.320 e. The van der Waals surface area contributed by atoms with E-state index >= 15 is 0 Å². The molecule has 1 atom stereocenters. The highest BCUT2D eigenvalue weighted by atomic mass is 16.2. The summed E-state index contributed by atoms with van der Waals surface area (Å²) >= 11 is 0. The molecule has 3 N–H and O–H groups in total. The molecule has 0 aliphatic rings. The molecule has 0 saturated carbocycles. The molecule has 8 nitrogen and oxygen atoms in total. The lowest BCUT2D eigenvalue weighted by atomic mass is 10.3. The van der Waals surface area contributed by atoms with Crippen molar-refractivity contribution in [2.45, 2.75) is 46.2 Å². The zero-order chi connectivity index (χ0) is 15.2. The normalized spacial score (nSPS) is 12.1. The Morgan fingerprint density at radius 2 is 2.33 bits per heavy atom. The van der Waals surface area contributed by atoms with Gasteiger partial charge in [-0.15, -0.1) is 0 Å². The van der Waals surface area contributed by atoms with Crippen molar-refractivity contribution in [3.8, 4) is 0 Å². The molecule has 2 rings (SSSR count). The molecule has 0 aliphatic carbocycles. The van der Waals surface area contributed by atoms with E-state index in [4.69, 9.17) is 0 Å². The molecule has 8 heteroatoms. The molecule has 0 unspecified atom stereocenters. The molecule has 2 aromatic rings. The van der Waals surface area contributed by atoms with Gasteiger partial charge in [0, 0.05) is 12.6 Å². The largest absolute Gasteiger partial charge is 0.328 e. The number of carbonyl (C=O) groups is 1. The van der Waals surface area contributed by atoms with Gasteiger partial charge < -0.3 is 5.32 Å². The molecule has 2 amide bonds. The van der Waals surface area contributed by atoms with Crippen LogP contribution in [0.1, 0.15) is 44.4 Å². The second kappa shape index (κ2) is 6.87. The van der Waals surface area contributed by atoms with Crippen molar-refractivity contribution in [1.29, 1.82) is 0 Å². The number of H-pyrrole nitrogens is 1. The summed E-state index contributed by atoms with van der Waals surface area (Å²) in [5, 5.41) is 16.6. The first kappa shape index (κ1) is 15.0. The number of hydrogen-bond donors (Lipinski definition) is 3. The van der Waals surface area contributed by atoms with Crippen LogP contribution < -0.4 is 10.6 Å². The lowest BCUT2D eigenvalue weighted by Crippen LogP contribution is -2.32. The van der Waals surface area contributed by atoms with Crippen LogP contribution in [0.15, 0.2) is 12.3 Å². The molecule has 0 aliphatic heterocycles. The highest BCUT2D eigenvalue weighted by molar-refractivity contribution is 5.88. The molecular weight excluding hydrogens is 270 g/mol. The molecule has 2 aromatic heterocycles. The van der Waals surface area contributed by atoms with Crippen LogP contribution in [0.2, 0.25) is 0 Å². The van der Waals surface area contributed by atoms with E-state index < -0.39 is 0 Å².